The van der Waals surface area contributed by atoms with Gasteiger partial charge >= 0.3 is 7.82 Å². The lowest BCUT2D eigenvalue weighted by atomic mass is 10.0. The third-order valence-electron chi connectivity index (χ3n) is 4.73. The lowest BCUT2D eigenvalue weighted by Gasteiger charge is -2.19. The number of nitro groups is 1. The summed E-state index contributed by atoms with van der Waals surface area (Å²) in [6, 6.07) is 5.82. The molecule has 1 aliphatic heterocycles. The predicted molar refractivity (Wildman–Crippen MR) is 102 cm³/mol. The number of aromatic nitrogens is 4. The fourth-order valence-corrected chi connectivity index (χ4v) is 3.98. The topological polar surface area (TPSA) is 189 Å². The van der Waals surface area contributed by atoms with Gasteiger partial charge in [0.05, 0.1) is 17.4 Å². The van der Waals surface area contributed by atoms with E-state index in [1.54, 1.807) is 16.7 Å². The maximum atomic E-state index is 11.4. The van der Waals surface area contributed by atoms with Gasteiger partial charge in [-0.2, -0.15) is 0 Å². The summed E-state index contributed by atoms with van der Waals surface area (Å²) in [6.07, 6.45) is 0.778. The van der Waals surface area contributed by atoms with Crippen LogP contribution in [0.2, 0.25) is 0 Å². The van der Waals surface area contributed by atoms with Crippen LogP contribution in [0, 0.1) is 10.1 Å². The first-order valence-electron chi connectivity index (χ1n) is 8.77. The Balaban J connectivity index is 1.60. The van der Waals surface area contributed by atoms with E-state index in [-0.39, 0.29) is 24.3 Å². The fraction of sp³-hybridized carbons (Fsp3) is 0.312. The van der Waals surface area contributed by atoms with Crippen LogP contribution in [0.4, 0.5) is 11.5 Å². The number of imidazole rings is 1. The number of ether oxygens (including phenoxy) is 1. The summed E-state index contributed by atoms with van der Waals surface area (Å²) in [5.41, 5.74) is 7.22. The van der Waals surface area contributed by atoms with Crippen molar-refractivity contribution in [3.63, 3.8) is 0 Å². The SMILES string of the molecule is Nc1ncnc2c1ncn2[C@H]1C[C@H](OP(=O)(O)O)[C@@H](Cc2ccc([N+](=O)[O-])cc2)O1. The molecule has 14 heteroatoms. The van der Waals surface area contributed by atoms with E-state index in [1.807, 2.05) is 0 Å². The summed E-state index contributed by atoms with van der Waals surface area (Å²) in [4.78, 5) is 41.1. The van der Waals surface area contributed by atoms with Gasteiger partial charge in [-0.1, -0.05) is 12.1 Å². The zero-order valence-electron chi connectivity index (χ0n) is 15.3. The Morgan fingerprint density at radius 3 is 2.70 bits per heavy atom. The van der Waals surface area contributed by atoms with Crippen molar-refractivity contribution in [1.82, 2.24) is 19.5 Å². The van der Waals surface area contributed by atoms with Gasteiger partial charge in [-0.3, -0.25) is 19.2 Å². The van der Waals surface area contributed by atoms with E-state index in [2.05, 4.69) is 15.0 Å². The van der Waals surface area contributed by atoms with E-state index in [9.17, 15) is 24.5 Å². The summed E-state index contributed by atoms with van der Waals surface area (Å²) in [6.45, 7) is 0. The first-order valence-corrected chi connectivity index (χ1v) is 10.3. The summed E-state index contributed by atoms with van der Waals surface area (Å²) >= 11 is 0. The Morgan fingerprint density at radius 1 is 1.30 bits per heavy atom. The van der Waals surface area contributed by atoms with Crippen molar-refractivity contribution >= 4 is 30.5 Å². The number of nitrogens with two attached hydrogens (primary N) is 1. The third kappa shape index (κ3) is 4.15. The zero-order chi connectivity index (χ0) is 21.5. The number of rotatable bonds is 6. The van der Waals surface area contributed by atoms with E-state index in [4.69, 9.17) is 15.0 Å². The average Bonchev–Trinajstić information content (AvgIpc) is 3.26. The van der Waals surface area contributed by atoms with Crippen molar-refractivity contribution in [2.45, 2.75) is 31.3 Å². The minimum Gasteiger partial charge on any atom is -0.382 e. The molecule has 2 aromatic heterocycles. The van der Waals surface area contributed by atoms with Gasteiger partial charge in [0.2, 0.25) is 0 Å². The monoisotopic (exact) mass is 436 g/mol. The molecule has 0 radical (unpaired) electrons. The maximum absolute atomic E-state index is 11.4. The zero-order valence-corrected chi connectivity index (χ0v) is 16.2. The fourth-order valence-electron chi connectivity index (χ4n) is 3.41. The molecular formula is C16H17N6O7P. The highest BCUT2D eigenvalue weighted by molar-refractivity contribution is 7.46. The van der Waals surface area contributed by atoms with E-state index in [1.165, 1.54) is 24.8 Å². The molecule has 1 aliphatic rings. The molecule has 158 valence electrons. The number of benzene rings is 1. The minimum atomic E-state index is -4.78. The molecule has 3 atom stereocenters. The number of phosphoric ester groups is 1. The molecule has 0 aliphatic carbocycles. The molecule has 1 saturated heterocycles. The number of phosphoric acid groups is 1. The van der Waals surface area contributed by atoms with Gasteiger partial charge in [-0.05, 0) is 5.56 Å². The Labute approximate surface area is 168 Å². The first kappa shape index (κ1) is 20.3. The van der Waals surface area contributed by atoms with Crippen molar-refractivity contribution < 1.29 is 28.5 Å². The van der Waals surface area contributed by atoms with Crippen LogP contribution in [-0.2, 0) is 20.2 Å². The smallest absolute Gasteiger partial charge is 0.382 e. The predicted octanol–water partition coefficient (Wildman–Crippen LogP) is 1.32. The second-order valence-corrected chi connectivity index (χ2v) is 7.90. The van der Waals surface area contributed by atoms with Crippen LogP contribution in [-0.4, -0.2) is 46.4 Å². The number of nitrogens with zero attached hydrogens (tertiary/aromatic N) is 5. The van der Waals surface area contributed by atoms with Gasteiger partial charge in [-0.25, -0.2) is 19.5 Å². The van der Waals surface area contributed by atoms with Crippen LogP contribution >= 0.6 is 7.82 Å². The molecule has 13 nitrogen and oxygen atoms in total. The number of nitro benzene ring substituents is 1. The molecule has 0 saturated carbocycles. The minimum absolute atomic E-state index is 0.0610. The van der Waals surface area contributed by atoms with Crippen LogP contribution in [0.15, 0.2) is 36.9 Å². The van der Waals surface area contributed by atoms with Crippen molar-refractivity contribution in [3.05, 3.63) is 52.6 Å². The first-order chi connectivity index (χ1) is 14.2. The van der Waals surface area contributed by atoms with E-state index in [0.717, 1.165) is 0 Å². The number of nitrogen functional groups attached to an aromatic ring is 1. The van der Waals surface area contributed by atoms with Crippen LogP contribution in [0.5, 0.6) is 0 Å². The van der Waals surface area contributed by atoms with Crippen LogP contribution in [0.3, 0.4) is 0 Å². The molecule has 0 amide bonds. The van der Waals surface area contributed by atoms with Crippen molar-refractivity contribution in [2.75, 3.05) is 5.73 Å². The summed E-state index contributed by atoms with van der Waals surface area (Å²) < 4.78 is 24.0. The molecule has 4 rings (SSSR count). The second kappa shape index (κ2) is 7.70. The van der Waals surface area contributed by atoms with Gasteiger partial charge < -0.3 is 20.3 Å². The summed E-state index contributed by atoms with van der Waals surface area (Å²) in [7, 11) is -4.78. The number of hydrogen-bond donors (Lipinski definition) is 3. The highest BCUT2D eigenvalue weighted by atomic mass is 31.2. The Bertz CT molecular complexity index is 1130. The molecule has 1 fully saturated rings. The second-order valence-electron chi connectivity index (χ2n) is 6.71. The lowest BCUT2D eigenvalue weighted by molar-refractivity contribution is -0.384. The van der Waals surface area contributed by atoms with E-state index in [0.29, 0.717) is 16.7 Å². The Hall–Kier alpha value is -2.96. The molecule has 4 N–H and O–H groups in total. The Kier molecular flexibility index (Phi) is 5.22. The summed E-state index contributed by atoms with van der Waals surface area (Å²) in [5, 5.41) is 10.8. The normalized spacial score (nSPS) is 21.9. The molecular weight excluding hydrogens is 419 g/mol. The molecule has 0 bridgehead atoms. The number of hydrogen-bond acceptors (Lipinski definition) is 9. The average molecular weight is 436 g/mol. The summed E-state index contributed by atoms with van der Waals surface area (Å²) in [5.74, 6) is 0.196. The largest absolute Gasteiger partial charge is 0.469 e. The van der Waals surface area contributed by atoms with Gasteiger partial charge in [0.15, 0.2) is 11.5 Å². The molecule has 0 unspecified atom stereocenters. The highest BCUT2D eigenvalue weighted by Crippen LogP contribution is 2.44. The van der Waals surface area contributed by atoms with Gasteiger partial charge in [0.1, 0.15) is 24.2 Å². The van der Waals surface area contributed by atoms with E-state index < -0.39 is 31.2 Å². The number of fused-ring (bicyclic) bond motifs is 1. The van der Waals surface area contributed by atoms with Crippen LogP contribution in [0.25, 0.3) is 11.2 Å². The van der Waals surface area contributed by atoms with E-state index >= 15 is 0 Å². The molecule has 1 aromatic carbocycles. The highest BCUT2D eigenvalue weighted by Gasteiger charge is 2.41. The van der Waals surface area contributed by atoms with Gasteiger partial charge in [-0.15, -0.1) is 0 Å². The van der Waals surface area contributed by atoms with Crippen molar-refractivity contribution in [1.29, 1.82) is 0 Å². The van der Waals surface area contributed by atoms with Crippen LogP contribution in [0.1, 0.15) is 18.2 Å². The number of anilines is 1. The molecule has 30 heavy (non-hydrogen) atoms. The van der Waals surface area contributed by atoms with Gasteiger partial charge in [0.25, 0.3) is 5.69 Å². The Morgan fingerprint density at radius 2 is 2.03 bits per heavy atom. The quantitative estimate of drug-likeness (QED) is 0.287. The standard InChI is InChI=1S/C16H17N6O7P/c17-15-14-16(19-7-18-15)21(8-20-14)13-6-12(29-30(25,26)27)11(28-13)5-9-1-3-10(4-2-9)22(23)24/h1-4,7-8,11-13H,5-6H2,(H2,17,18,19)(H2,25,26,27)/t11-,12+,13-/m1/s1. The maximum Gasteiger partial charge on any atom is 0.469 e. The molecule has 3 aromatic rings. The van der Waals surface area contributed by atoms with Crippen molar-refractivity contribution in [2.24, 2.45) is 0 Å². The molecule has 0 spiro atoms. The number of non-ortho nitro benzene ring substituents is 1. The van der Waals surface area contributed by atoms with Crippen LogP contribution < -0.4 is 5.73 Å². The third-order valence-corrected chi connectivity index (χ3v) is 5.28. The van der Waals surface area contributed by atoms with Gasteiger partial charge in [0, 0.05) is 25.0 Å². The lowest BCUT2D eigenvalue weighted by Crippen LogP contribution is -2.25. The van der Waals surface area contributed by atoms with Crippen molar-refractivity contribution in [3.8, 4) is 0 Å². The molecule has 3 heterocycles.